The van der Waals surface area contributed by atoms with Crippen LogP contribution in [0.5, 0.6) is 0 Å². The molecule has 12 heavy (non-hydrogen) atoms. The van der Waals surface area contributed by atoms with Gasteiger partial charge in [-0.3, -0.25) is 4.90 Å². The molecule has 0 aliphatic carbocycles. The zero-order chi connectivity index (χ0) is 8.82. The third-order valence-corrected chi connectivity index (χ3v) is 3.27. The summed E-state index contributed by atoms with van der Waals surface area (Å²) in [6.45, 7) is 1.76. The van der Waals surface area contributed by atoms with Crippen LogP contribution in [-0.2, 0) is 0 Å². The minimum absolute atomic E-state index is 0.691. The van der Waals surface area contributed by atoms with Crippen LogP contribution in [0.15, 0.2) is 0 Å². The zero-order valence-electron chi connectivity index (χ0n) is 7.03. The van der Waals surface area contributed by atoms with E-state index in [4.69, 9.17) is 0 Å². The van der Waals surface area contributed by atoms with Gasteiger partial charge in [0.15, 0.2) is 0 Å². The molecule has 2 aliphatic rings. The Labute approximate surface area is 71.4 Å². The molecule has 4 nitrogen and oxygen atoms in total. The number of nitrogens with zero attached hydrogens (tertiary/aromatic N) is 1. The molecular weight excluding hydrogens is 158 g/mol. The SMILES string of the molecule is OC(O)(O)C12CCCN1CCC2. The van der Waals surface area contributed by atoms with Crippen molar-refractivity contribution in [2.24, 2.45) is 0 Å². The Balaban J connectivity index is 2.28. The van der Waals surface area contributed by atoms with Gasteiger partial charge in [0.05, 0.1) is 0 Å². The minimum atomic E-state index is -2.51. The molecule has 3 N–H and O–H groups in total. The summed E-state index contributed by atoms with van der Waals surface area (Å²) in [5.74, 6) is -2.51. The lowest BCUT2D eigenvalue weighted by atomic mass is 9.91. The first-order chi connectivity index (χ1) is 5.56. The second-order valence-electron chi connectivity index (χ2n) is 3.86. The van der Waals surface area contributed by atoms with Crippen molar-refractivity contribution in [2.45, 2.75) is 37.2 Å². The summed E-state index contributed by atoms with van der Waals surface area (Å²) in [5, 5.41) is 27.7. The van der Waals surface area contributed by atoms with E-state index in [-0.39, 0.29) is 0 Å². The quantitative estimate of drug-likeness (QED) is 0.456. The number of rotatable bonds is 1. The number of hydrogen-bond donors (Lipinski definition) is 3. The molecule has 2 rings (SSSR count). The lowest BCUT2D eigenvalue weighted by Crippen LogP contribution is -2.58. The number of aliphatic hydroxyl groups is 3. The van der Waals surface area contributed by atoms with Crippen LogP contribution in [0.3, 0.4) is 0 Å². The molecule has 70 valence electrons. The Morgan fingerprint density at radius 2 is 1.50 bits per heavy atom. The number of hydrogen-bond acceptors (Lipinski definition) is 4. The van der Waals surface area contributed by atoms with Crippen molar-refractivity contribution in [1.82, 2.24) is 4.90 Å². The highest BCUT2D eigenvalue weighted by atomic mass is 16.7. The Morgan fingerprint density at radius 1 is 1.00 bits per heavy atom. The van der Waals surface area contributed by atoms with Crippen LogP contribution in [0.25, 0.3) is 0 Å². The van der Waals surface area contributed by atoms with Crippen LogP contribution in [0.1, 0.15) is 25.7 Å². The molecule has 0 radical (unpaired) electrons. The Morgan fingerprint density at radius 3 is 1.83 bits per heavy atom. The lowest BCUT2D eigenvalue weighted by Gasteiger charge is -2.38. The maximum atomic E-state index is 9.25. The molecule has 0 aromatic carbocycles. The van der Waals surface area contributed by atoms with Crippen LogP contribution in [0, 0.1) is 0 Å². The van der Waals surface area contributed by atoms with Crippen molar-refractivity contribution in [2.75, 3.05) is 13.1 Å². The second-order valence-corrected chi connectivity index (χ2v) is 3.86. The zero-order valence-corrected chi connectivity index (χ0v) is 7.03. The fraction of sp³-hybridized carbons (Fsp3) is 1.00. The van der Waals surface area contributed by atoms with E-state index in [9.17, 15) is 15.3 Å². The van der Waals surface area contributed by atoms with E-state index in [2.05, 4.69) is 0 Å². The summed E-state index contributed by atoms with van der Waals surface area (Å²) in [5.41, 5.74) is -0.757. The summed E-state index contributed by atoms with van der Waals surface area (Å²) in [4.78, 5) is 1.99. The first-order valence-electron chi connectivity index (χ1n) is 4.48. The van der Waals surface area contributed by atoms with Gasteiger partial charge in [0.2, 0.25) is 0 Å². The molecule has 2 fully saturated rings. The van der Waals surface area contributed by atoms with Crippen LogP contribution < -0.4 is 0 Å². The van der Waals surface area contributed by atoms with E-state index in [1.807, 2.05) is 4.90 Å². The Kier molecular flexibility index (Phi) is 1.70. The summed E-state index contributed by atoms with van der Waals surface area (Å²) in [6.07, 6.45) is 3.28. The molecule has 4 heteroatoms. The van der Waals surface area contributed by atoms with Crippen LogP contribution in [-0.4, -0.2) is 44.8 Å². The van der Waals surface area contributed by atoms with Crippen molar-refractivity contribution in [3.05, 3.63) is 0 Å². The van der Waals surface area contributed by atoms with E-state index in [0.717, 1.165) is 25.9 Å². The smallest absolute Gasteiger partial charge is 0.294 e. The highest BCUT2D eigenvalue weighted by Gasteiger charge is 2.57. The van der Waals surface area contributed by atoms with E-state index in [1.165, 1.54) is 0 Å². The van der Waals surface area contributed by atoms with Gasteiger partial charge in [-0.05, 0) is 38.8 Å². The normalized spacial score (nSPS) is 29.2. The molecule has 0 bridgehead atoms. The van der Waals surface area contributed by atoms with Crippen molar-refractivity contribution in [1.29, 1.82) is 0 Å². The Bertz CT molecular complexity index is 177. The highest BCUT2D eigenvalue weighted by molar-refractivity contribution is 5.04. The molecule has 2 heterocycles. The predicted octanol–water partition coefficient (Wildman–Crippen LogP) is -0.754. The lowest BCUT2D eigenvalue weighted by molar-refractivity contribution is -0.364. The van der Waals surface area contributed by atoms with Crippen LogP contribution >= 0.6 is 0 Å². The monoisotopic (exact) mass is 173 g/mol. The fourth-order valence-corrected chi connectivity index (χ4v) is 2.65. The molecule has 2 saturated heterocycles. The molecule has 0 amide bonds. The first-order valence-corrected chi connectivity index (χ1v) is 4.48. The van der Waals surface area contributed by atoms with E-state index in [0.29, 0.717) is 12.8 Å². The van der Waals surface area contributed by atoms with Gasteiger partial charge in [0.1, 0.15) is 5.54 Å². The van der Waals surface area contributed by atoms with E-state index >= 15 is 0 Å². The van der Waals surface area contributed by atoms with Gasteiger partial charge in [-0.1, -0.05) is 0 Å². The van der Waals surface area contributed by atoms with Gasteiger partial charge in [-0.2, -0.15) is 0 Å². The van der Waals surface area contributed by atoms with Crippen LogP contribution in [0.4, 0.5) is 0 Å². The van der Waals surface area contributed by atoms with Gasteiger partial charge in [0.25, 0.3) is 5.97 Å². The summed E-state index contributed by atoms with van der Waals surface area (Å²) in [7, 11) is 0. The van der Waals surface area contributed by atoms with Gasteiger partial charge in [-0.15, -0.1) is 0 Å². The maximum Gasteiger partial charge on any atom is 0.294 e. The largest absolute Gasteiger partial charge is 0.342 e. The number of fused-ring (bicyclic) bond motifs is 1. The fourth-order valence-electron chi connectivity index (χ4n) is 2.65. The van der Waals surface area contributed by atoms with Crippen molar-refractivity contribution >= 4 is 0 Å². The third-order valence-electron chi connectivity index (χ3n) is 3.27. The summed E-state index contributed by atoms with van der Waals surface area (Å²) in [6, 6.07) is 0. The summed E-state index contributed by atoms with van der Waals surface area (Å²) >= 11 is 0. The third kappa shape index (κ3) is 0.925. The highest BCUT2D eigenvalue weighted by Crippen LogP contribution is 2.43. The van der Waals surface area contributed by atoms with E-state index in [1.54, 1.807) is 0 Å². The average Bonchev–Trinajstić information content (AvgIpc) is 2.37. The second kappa shape index (κ2) is 2.42. The molecule has 0 aromatic heterocycles. The van der Waals surface area contributed by atoms with Crippen LogP contribution in [0.2, 0.25) is 0 Å². The standard InChI is InChI=1S/C8H15NO3/c10-8(11,12)7-3-1-5-9(7)6-2-4-7/h10-12H,1-6H2. The topological polar surface area (TPSA) is 63.9 Å². The van der Waals surface area contributed by atoms with Crippen molar-refractivity contribution in [3.63, 3.8) is 0 Å². The molecule has 0 aromatic rings. The first kappa shape index (κ1) is 8.44. The van der Waals surface area contributed by atoms with Crippen molar-refractivity contribution < 1.29 is 15.3 Å². The summed E-state index contributed by atoms with van der Waals surface area (Å²) < 4.78 is 0. The average molecular weight is 173 g/mol. The molecule has 2 aliphatic heterocycles. The minimum Gasteiger partial charge on any atom is -0.342 e. The molecule has 0 atom stereocenters. The Hall–Kier alpha value is -0.160. The van der Waals surface area contributed by atoms with Gasteiger partial charge >= 0.3 is 0 Å². The molecule has 0 unspecified atom stereocenters. The molecule has 0 saturated carbocycles. The molecular formula is C8H15NO3. The van der Waals surface area contributed by atoms with Gasteiger partial charge in [0, 0.05) is 0 Å². The van der Waals surface area contributed by atoms with Gasteiger partial charge in [-0.25, -0.2) is 0 Å². The predicted molar refractivity (Wildman–Crippen MR) is 42.2 cm³/mol. The van der Waals surface area contributed by atoms with Crippen molar-refractivity contribution in [3.8, 4) is 0 Å². The molecule has 0 spiro atoms. The maximum absolute atomic E-state index is 9.25. The van der Waals surface area contributed by atoms with E-state index < -0.39 is 11.5 Å². The van der Waals surface area contributed by atoms with Gasteiger partial charge < -0.3 is 15.3 Å².